The lowest BCUT2D eigenvalue weighted by molar-refractivity contribution is -0.145. The molecule has 37 heavy (non-hydrogen) atoms. The molecule has 2 unspecified atom stereocenters. The van der Waals surface area contributed by atoms with E-state index in [4.69, 9.17) is 15.2 Å². The van der Waals surface area contributed by atoms with E-state index in [1.807, 2.05) is 0 Å². The van der Waals surface area contributed by atoms with Gasteiger partial charge in [0.05, 0.1) is 19.4 Å². The van der Waals surface area contributed by atoms with Crippen molar-refractivity contribution < 1.29 is 38.6 Å². The summed E-state index contributed by atoms with van der Waals surface area (Å²) in [7, 11) is 0. The van der Waals surface area contributed by atoms with Crippen LogP contribution in [0.2, 0.25) is 0 Å². The molecule has 2 rings (SSSR count). The fourth-order valence-corrected chi connectivity index (χ4v) is 3.61. The van der Waals surface area contributed by atoms with Gasteiger partial charge in [-0.05, 0) is 58.2 Å². The SMILES string of the molecule is CCOC(=O)CCNC(=O)C(c1ccc(O)cc1)N(C(=O)C(CC(N)=O)NC(=O)OC(C)(C)C)C1CC1. The van der Waals surface area contributed by atoms with Gasteiger partial charge in [0.1, 0.15) is 23.4 Å². The van der Waals surface area contributed by atoms with Crippen LogP contribution in [0.5, 0.6) is 5.75 Å². The number of alkyl carbamates (subject to hydrolysis) is 1. The molecular formula is C25H36N4O8. The summed E-state index contributed by atoms with van der Waals surface area (Å²) in [5, 5.41) is 14.8. The average molecular weight is 521 g/mol. The number of phenols is 1. The Bertz CT molecular complexity index is 985. The molecule has 0 spiro atoms. The molecule has 5 N–H and O–H groups in total. The third kappa shape index (κ3) is 9.62. The van der Waals surface area contributed by atoms with E-state index >= 15 is 0 Å². The molecule has 0 bridgehead atoms. The van der Waals surface area contributed by atoms with E-state index in [2.05, 4.69) is 10.6 Å². The molecule has 0 heterocycles. The van der Waals surface area contributed by atoms with Crippen molar-refractivity contribution in [1.29, 1.82) is 0 Å². The van der Waals surface area contributed by atoms with Crippen LogP contribution in [0.3, 0.4) is 0 Å². The van der Waals surface area contributed by atoms with Gasteiger partial charge in [0.2, 0.25) is 17.7 Å². The number of rotatable bonds is 12. The lowest BCUT2D eigenvalue weighted by atomic mass is 10.0. The zero-order valence-electron chi connectivity index (χ0n) is 21.6. The number of carbonyl (C=O) groups excluding carboxylic acids is 5. The second kappa shape index (κ2) is 12.9. The lowest BCUT2D eigenvalue weighted by Gasteiger charge is -2.34. The van der Waals surface area contributed by atoms with E-state index < -0.39 is 53.9 Å². The summed E-state index contributed by atoms with van der Waals surface area (Å²) >= 11 is 0. The molecule has 204 valence electrons. The topological polar surface area (TPSA) is 177 Å². The smallest absolute Gasteiger partial charge is 0.408 e. The molecule has 12 nitrogen and oxygen atoms in total. The summed E-state index contributed by atoms with van der Waals surface area (Å²) in [6, 6.07) is 2.87. The highest BCUT2D eigenvalue weighted by atomic mass is 16.6. The number of hydrogen-bond acceptors (Lipinski definition) is 8. The number of phenolic OH excluding ortho intramolecular Hbond substituents is 1. The summed E-state index contributed by atoms with van der Waals surface area (Å²) in [6.07, 6.45) is -0.279. The number of hydrogen-bond donors (Lipinski definition) is 4. The third-order valence-corrected chi connectivity index (χ3v) is 5.26. The molecule has 4 amide bonds. The Balaban J connectivity index is 2.36. The number of aromatic hydroxyl groups is 1. The number of ether oxygens (including phenoxy) is 2. The molecule has 1 saturated carbocycles. The molecular weight excluding hydrogens is 484 g/mol. The first-order valence-corrected chi connectivity index (χ1v) is 12.1. The van der Waals surface area contributed by atoms with E-state index in [1.54, 1.807) is 27.7 Å². The first kappa shape index (κ1) is 29.4. The highest BCUT2D eigenvalue weighted by Crippen LogP contribution is 2.36. The monoisotopic (exact) mass is 520 g/mol. The predicted octanol–water partition coefficient (Wildman–Crippen LogP) is 1.26. The van der Waals surface area contributed by atoms with Gasteiger partial charge >= 0.3 is 12.1 Å². The van der Waals surface area contributed by atoms with Crippen molar-refractivity contribution in [3.8, 4) is 5.75 Å². The fraction of sp³-hybridized carbons (Fsp3) is 0.560. The highest BCUT2D eigenvalue weighted by Gasteiger charge is 2.44. The number of carbonyl (C=O) groups is 5. The highest BCUT2D eigenvalue weighted by molar-refractivity contribution is 5.95. The van der Waals surface area contributed by atoms with Gasteiger partial charge in [-0.3, -0.25) is 19.2 Å². The molecule has 1 aliphatic rings. The maximum atomic E-state index is 13.8. The summed E-state index contributed by atoms with van der Waals surface area (Å²) in [5.41, 5.74) is 4.89. The van der Waals surface area contributed by atoms with Crippen LogP contribution in [-0.4, -0.2) is 70.6 Å². The fourth-order valence-electron chi connectivity index (χ4n) is 3.61. The summed E-state index contributed by atoms with van der Waals surface area (Å²) in [5.74, 6) is -2.61. The number of primary amides is 1. The maximum absolute atomic E-state index is 13.8. The van der Waals surface area contributed by atoms with Crippen LogP contribution < -0.4 is 16.4 Å². The number of amides is 4. The van der Waals surface area contributed by atoms with Crippen molar-refractivity contribution in [2.75, 3.05) is 13.2 Å². The van der Waals surface area contributed by atoms with Gasteiger partial charge in [0.25, 0.3) is 0 Å². The van der Waals surface area contributed by atoms with Crippen LogP contribution in [0, 0.1) is 0 Å². The quantitative estimate of drug-likeness (QED) is 0.298. The normalized spacial score (nSPS) is 14.6. The molecule has 0 saturated heterocycles. The van der Waals surface area contributed by atoms with Gasteiger partial charge in [0, 0.05) is 12.6 Å². The van der Waals surface area contributed by atoms with Crippen molar-refractivity contribution in [3.05, 3.63) is 29.8 Å². The summed E-state index contributed by atoms with van der Waals surface area (Å²) < 4.78 is 10.1. The number of nitrogens with zero attached hydrogens (tertiary/aromatic N) is 1. The Morgan fingerprint density at radius 2 is 1.76 bits per heavy atom. The number of esters is 1. The third-order valence-electron chi connectivity index (χ3n) is 5.26. The lowest BCUT2D eigenvalue weighted by Crippen LogP contribution is -2.54. The van der Waals surface area contributed by atoms with Gasteiger partial charge < -0.3 is 35.8 Å². The summed E-state index contributed by atoms with van der Waals surface area (Å²) in [6.45, 7) is 6.79. The van der Waals surface area contributed by atoms with Crippen molar-refractivity contribution in [2.45, 2.75) is 77.1 Å². The minimum absolute atomic E-state index is 0.0280. The largest absolute Gasteiger partial charge is 0.508 e. The van der Waals surface area contributed by atoms with Crippen LogP contribution in [0.25, 0.3) is 0 Å². The van der Waals surface area contributed by atoms with Crippen molar-refractivity contribution in [3.63, 3.8) is 0 Å². The summed E-state index contributed by atoms with van der Waals surface area (Å²) in [4.78, 5) is 64.3. The van der Waals surface area contributed by atoms with Crippen LogP contribution in [0.4, 0.5) is 4.79 Å². The molecule has 12 heteroatoms. The molecule has 1 aromatic rings. The standard InChI is InChI=1S/C25H36N4O8/c1-5-36-20(32)12-13-27-22(33)21(15-6-10-17(30)11-7-15)29(16-8-9-16)23(34)18(14-19(26)31)28-24(35)37-25(2,3)4/h6-7,10-11,16,18,21,30H,5,8-9,12-14H2,1-4H3,(H2,26,31)(H,27,33)(H,28,35). The molecule has 0 radical (unpaired) electrons. The second-order valence-electron chi connectivity index (χ2n) is 9.69. The number of nitrogens with two attached hydrogens (primary N) is 1. The Hall–Kier alpha value is -3.83. The van der Waals surface area contributed by atoms with Gasteiger partial charge in [-0.15, -0.1) is 0 Å². The van der Waals surface area contributed by atoms with Gasteiger partial charge in [-0.1, -0.05) is 12.1 Å². The van der Waals surface area contributed by atoms with Crippen LogP contribution in [0.15, 0.2) is 24.3 Å². The van der Waals surface area contributed by atoms with Crippen LogP contribution >= 0.6 is 0 Å². The first-order chi connectivity index (χ1) is 17.3. The van der Waals surface area contributed by atoms with Crippen molar-refractivity contribution in [2.24, 2.45) is 5.73 Å². The molecule has 1 aliphatic carbocycles. The van der Waals surface area contributed by atoms with E-state index in [9.17, 15) is 29.1 Å². The number of benzene rings is 1. The molecule has 2 atom stereocenters. The number of nitrogens with one attached hydrogen (secondary N) is 2. The second-order valence-corrected chi connectivity index (χ2v) is 9.69. The van der Waals surface area contributed by atoms with Gasteiger partial charge in [-0.2, -0.15) is 0 Å². The van der Waals surface area contributed by atoms with E-state index in [0.717, 1.165) is 0 Å². The van der Waals surface area contributed by atoms with E-state index in [1.165, 1.54) is 29.2 Å². The Morgan fingerprint density at radius 3 is 2.27 bits per heavy atom. The van der Waals surface area contributed by atoms with Gasteiger partial charge in [0.15, 0.2) is 0 Å². The van der Waals surface area contributed by atoms with Crippen LogP contribution in [-0.2, 0) is 28.7 Å². The van der Waals surface area contributed by atoms with Crippen molar-refractivity contribution >= 4 is 29.8 Å². The predicted molar refractivity (Wildman–Crippen MR) is 132 cm³/mol. The molecule has 1 aromatic carbocycles. The molecule has 1 fully saturated rings. The molecule has 0 aliphatic heterocycles. The zero-order chi connectivity index (χ0) is 27.8. The van der Waals surface area contributed by atoms with Crippen LogP contribution in [0.1, 0.15) is 65.0 Å². The minimum Gasteiger partial charge on any atom is -0.508 e. The minimum atomic E-state index is -1.38. The van der Waals surface area contributed by atoms with Gasteiger partial charge in [-0.25, -0.2) is 4.79 Å². The van der Waals surface area contributed by atoms with E-state index in [-0.39, 0.29) is 31.4 Å². The first-order valence-electron chi connectivity index (χ1n) is 12.1. The van der Waals surface area contributed by atoms with Crippen molar-refractivity contribution in [1.82, 2.24) is 15.5 Å². The average Bonchev–Trinajstić information content (AvgIpc) is 3.61. The Labute approximate surface area is 215 Å². The maximum Gasteiger partial charge on any atom is 0.408 e. The Morgan fingerprint density at radius 1 is 1.14 bits per heavy atom. The molecule has 0 aromatic heterocycles. The zero-order valence-corrected chi connectivity index (χ0v) is 21.6. The Kier molecular flexibility index (Phi) is 10.3. The van der Waals surface area contributed by atoms with E-state index in [0.29, 0.717) is 18.4 Å².